The summed E-state index contributed by atoms with van der Waals surface area (Å²) in [5, 5.41) is 11.9. The van der Waals surface area contributed by atoms with Gasteiger partial charge in [0.1, 0.15) is 0 Å². The van der Waals surface area contributed by atoms with E-state index in [4.69, 9.17) is 5.73 Å². The molecule has 0 saturated carbocycles. The number of nitrogen functional groups attached to an aromatic ring is 1. The van der Waals surface area contributed by atoms with Crippen molar-refractivity contribution in [3.05, 3.63) is 18.0 Å². The van der Waals surface area contributed by atoms with Crippen LogP contribution in [-0.2, 0) is 6.54 Å². The summed E-state index contributed by atoms with van der Waals surface area (Å²) in [5.74, 6) is -0.0180. The van der Waals surface area contributed by atoms with E-state index in [0.717, 1.165) is 0 Å². The van der Waals surface area contributed by atoms with Crippen molar-refractivity contribution in [1.82, 2.24) is 30.6 Å². The maximum atomic E-state index is 11.4. The molecule has 1 amide bonds. The Hall–Kier alpha value is -2.45. The minimum absolute atomic E-state index is 0.0136. The molecule has 0 aliphatic heterocycles. The van der Waals surface area contributed by atoms with Crippen LogP contribution in [0, 0.1) is 0 Å². The molecule has 0 unspecified atom stereocenters. The molecule has 0 bridgehead atoms. The lowest BCUT2D eigenvalue weighted by molar-refractivity contribution is 0.0939. The van der Waals surface area contributed by atoms with Gasteiger partial charge in [-0.2, -0.15) is 9.97 Å². The van der Waals surface area contributed by atoms with Gasteiger partial charge in [0, 0.05) is 0 Å². The van der Waals surface area contributed by atoms with E-state index in [2.05, 4.69) is 35.2 Å². The number of nitrogens with one attached hydrogen (secondary N) is 2. The van der Waals surface area contributed by atoms with Crippen LogP contribution in [0.3, 0.4) is 0 Å². The third kappa shape index (κ3) is 2.07. The molecular weight excluding hydrogens is 202 g/mol. The molecule has 0 saturated heterocycles. The molecule has 2 heterocycles. The van der Waals surface area contributed by atoms with Crippen molar-refractivity contribution in [2.75, 3.05) is 5.73 Å². The Balaban J connectivity index is 1.93. The van der Waals surface area contributed by atoms with Crippen molar-refractivity contribution in [3.63, 3.8) is 0 Å². The Morgan fingerprint density at radius 3 is 3.13 bits per heavy atom. The van der Waals surface area contributed by atoms with Gasteiger partial charge in [-0.25, -0.2) is 0 Å². The van der Waals surface area contributed by atoms with Crippen LogP contribution in [0.2, 0.25) is 0 Å². The second-order valence-corrected chi connectivity index (χ2v) is 2.57. The Kier molecular flexibility index (Phi) is 2.27. The second kappa shape index (κ2) is 3.74. The maximum Gasteiger partial charge on any atom is 0.289 e. The summed E-state index contributed by atoms with van der Waals surface area (Å²) in [5.41, 5.74) is 5.23. The largest absolute Gasteiger partial charge is 0.366 e. The standard InChI is InChI=1S/C6H7N7O2/c7-6-10-4(11-12-6)5(14)8-1-3-9-2-15-13-3/h2H,1H2,(H,8,14)(H3,7,10,11,12). The predicted octanol–water partition coefficient (Wildman–Crippen LogP) is -1.30. The molecule has 2 rings (SSSR count). The first kappa shape index (κ1) is 9.12. The minimum Gasteiger partial charge on any atom is -0.366 e. The van der Waals surface area contributed by atoms with Crippen LogP contribution >= 0.6 is 0 Å². The zero-order valence-electron chi connectivity index (χ0n) is 7.47. The first-order valence-electron chi connectivity index (χ1n) is 3.97. The number of aromatic nitrogens is 5. The Labute approximate surface area is 83.1 Å². The van der Waals surface area contributed by atoms with Crippen molar-refractivity contribution >= 4 is 11.9 Å². The number of amides is 1. The lowest BCUT2D eigenvalue weighted by atomic mass is 10.5. The summed E-state index contributed by atoms with van der Waals surface area (Å²) >= 11 is 0. The topological polar surface area (TPSA) is 136 Å². The zero-order valence-corrected chi connectivity index (χ0v) is 7.47. The first-order valence-corrected chi connectivity index (χ1v) is 3.97. The van der Waals surface area contributed by atoms with Gasteiger partial charge in [-0.15, -0.1) is 5.10 Å². The number of rotatable bonds is 3. The molecule has 0 radical (unpaired) electrons. The van der Waals surface area contributed by atoms with Gasteiger partial charge >= 0.3 is 0 Å². The fourth-order valence-corrected chi connectivity index (χ4v) is 0.890. The van der Waals surface area contributed by atoms with Crippen LogP contribution in [0.15, 0.2) is 10.9 Å². The molecule has 0 aromatic carbocycles. The highest BCUT2D eigenvalue weighted by Gasteiger charge is 2.10. The number of carbonyl (C=O) groups excluding carboxylic acids is 1. The normalized spacial score (nSPS) is 10.1. The molecule has 9 heteroatoms. The fourth-order valence-electron chi connectivity index (χ4n) is 0.890. The van der Waals surface area contributed by atoms with Crippen LogP contribution in [0.25, 0.3) is 0 Å². The van der Waals surface area contributed by atoms with E-state index in [9.17, 15) is 4.79 Å². The van der Waals surface area contributed by atoms with Crippen molar-refractivity contribution < 1.29 is 9.32 Å². The summed E-state index contributed by atoms with van der Waals surface area (Å²) in [6.07, 6.45) is 1.17. The number of hydrogen-bond acceptors (Lipinski definition) is 7. The smallest absolute Gasteiger partial charge is 0.289 e. The van der Waals surface area contributed by atoms with E-state index >= 15 is 0 Å². The molecule has 2 aromatic heterocycles. The highest BCUT2D eigenvalue weighted by atomic mass is 16.5. The zero-order chi connectivity index (χ0) is 10.7. The van der Waals surface area contributed by atoms with Crippen molar-refractivity contribution in [3.8, 4) is 0 Å². The Morgan fingerprint density at radius 2 is 2.53 bits per heavy atom. The molecule has 15 heavy (non-hydrogen) atoms. The third-order valence-corrected chi connectivity index (χ3v) is 1.53. The highest BCUT2D eigenvalue weighted by molar-refractivity contribution is 5.90. The number of H-pyrrole nitrogens is 1. The predicted molar refractivity (Wildman–Crippen MR) is 46.3 cm³/mol. The second-order valence-electron chi connectivity index (χ2n) is 2.57. The summed E-state index contributed by atoms with van der Waals surface area (Å²) in [7, 11) is 0. The number of aromatic amines is 1. The lowest BCUT2D eigenvalue weighted by Crippen LogP contribution is -2.24. The van der Waals surface area contributed by atoms with Gasteiger partial charge in [-0.3, -0.25) is 9.89 Å². The van der Waals surface area contributed by atoms with Gasteiger partial charge < -0.3 is 15.6 Å². The average molecular weight is 209 g/mol. The molecular formula is C6H7N7O2. The highest BCUT2D eigenvalue weighted by Crippen LogP contribution is 1.93. The van der Waals surface area contributed by atoms with Crippen molar-refractivity contribution in [1.29, 1.82) is 0 Å². The van der Waals surface area contributed by atoms with Gasteiger partial charge in [0.15, 0.2) is 5.82 Å². The van der Waals surface area contributed by atoms with Gasteiger partial charge in [0.05, 0.1) is 6.54 Å². The number of hydrogen-bond donors (Lipinski definition) is 3. The quantitative estimate of drug-likeness (QED) is 0.571. The number of anilines is 1. The molecule has 0 spiro atoms. The van der Waals surface area contributed by atoms with E-state index < -0.39 is 5.91 Å². The van der Waals surface area contributed by atoms with Crippen LogP contribution < -0.4 is 11.1 Å². The third-order valence-electron chi connectivity index (χ3n) is 1.53. The Morgan fingerprint density at radius 1 is 1.67 bits per heavy atom. The van der Waals surface area contributed by atoms with Gasteiger partial charge in [-0.1, -0.05) is 5.16 Å². The SMILES string of the molecule is Nc1n[nH]c(C(=O)NCc2ncon2)n1. The van der Waals surface area contributed by atoms with Gasteiger partial charge in [0.25, 0.3) is 5.91 Å². The number of carbonyl (C=O) groups is 1. The first-order chi connectivity index (χ1) is 7.25. The minimum atomic E-state index is -0.441. The molecule has 78 valence electrons. The number of nitrogens with zero attached hydrogens (tertiary/aromatic N) is 4. The average Bonchev–Trinajstić information content (AvgIpc) is 2.84. The van der Waals surface area contributed by atoms with Gasteiger partial charge in [0.2, 0.25) is 18.2 Å². The maximum absolute atomic E-state index is 11.4. The molecule has 9 nitrogen and oxygen atoms in total. The van der Waals surface area contributed by atoms with E-state index in [1.165, 1.54) is 6.39 Å². The van der Waals surface area contributed by atoms with E-state index in [1.54, 1.807) is 0 Å². The molecule has 0 aliphatic rings. The van der Waals surface area contributed by atoms with Crippen LogP contribution in [0.4, 0.5) is 5.95 Å². The van der Waals surface area contributed by atoms with E-state index in [0.29, 0.717) is 5.82 Å². The summed E-state index contributed by atoms with van der Waals surface area (Å²) in [4.78, 5) is 18.7. The van der Waals surface area contributed by atoms with Crippen molar-refractivity contribution in [2.45, 2.75) is 6.54 Å². The van der Waals surface area contributed by atoms with Crippen LogP contribution in [-0.4, -0.2) is 31.2 Å². The van der Waals surface area contributed by atoms with E-state index in [-0.39, 0.29) is 18.3 Å². The monoisotopic (exact) mass is 209 g/mol. The molecule has 0 fully saturated rings. The van der Waals surface area contributed by atoms with E-state index in [1.807, 2.05) is 0 Å². The fraction of sp³-hybridized carbons (Fsp3) is 0.167. The molecule has 2 aromatic rings. The van der Waals surface area contributed by atoms with Gasteiger partial charge in [-0.05, 0) is 0 Å². The summed E-state index contributed by atoms with van der Waals surface area (Å²) in [6, 6.07) is 0. The van der Waals surface area contributed by atoms with Crippen LogP contribution in [0.1, 0.15) is 16.4 Å². The summed E-state index contributed by atoms with van der Waals surface area (Å²) < 4.78 is 4.49. The lowest BCUT2D eigenvalue weighted by Gasteiger charge is -1.97. The van der Waals surface area contributed by atoms with Crippen LogP contribution in [0.5, 0.6) is 0 Å². The Bertz CT molecular complexity index is 448. The van der Waals surface area contributed by atoms with Crippen molar-refractivity contribution in [2.24, 2.45) is 0 Å². The number of nitrogens with two attached hydrogens (primary N) is 1. The molecule has 0 aliphatic carbocycles. The summed E-state index contributed by atoms with van der Waals surface area (Å²) in [6.45, 7) is 0.149. The molecule has 0 atom stereocenters. The molecule has 4 N–H and O–H groups in total.